The first-order valence-corrected chi connectivity index (χ1v) is 16.2. The van der Waals surface area contributed by atoms with Crippen LogP contribution in [0.5, 0.6) is 0 Å². The number of alkyl halides is 2. The Bertz CT molecular complexity index is 563. The predicted octanol–water partition coefficient (Wildman–Crippen LogP) is -0.769. The fourth-order valence-corrected chi connectivity index (χ4v) is 8.31. The summed E-state index contributed by atoms with van der Waals surface area (Å²) < 4.78 is 12.9. The van der Waals surface area contributed by atoms with Gasteiger partial charge in [0.2, 0.25) is 0 Å². The number of methoxy groups -OCH3 is 1. The molecule has 0 spiro atoms. The summed E-state index contributed by atoms with van der Waals surface area (Å²) >= 11 is -0.485. The molecule has 1 unspecified atom stereocenters. The van der Waals surface area contributed by atoms with Crippen LogP contribution in [-0.2, 0) is 24.9 Å². The molecule has 0 fully saturated rings. The van der Waals surface area contributed by atoms with E-state index in [1.807, 2.05) is 13.0 Å². The second-order valence-corrected chi connectivity index (χ2v) is 17.6. The minimum atomic E-state index is -2.23. The summed E-state index contributed by atoms with van der Waals surface area (Å²) in [7, 11) is 5.99. The topological polar surface area (TPSA) is 57.5 Å². The molecule has 1 aromatic heterocycles. The Hall–Kier alpha value is -0.190. The van der Waals surface area contributed by atoms with E-state index in [0.29, 0.717) is 5.75 Å². The zero-order valence-corrected chi connectivity index (χ0v) is 17.7. The number of aromatic nitrogens is 1. The molecule has 0 radical (unpaired) electrons. The monoisotopic (exact) mass is 474 g/mol. The number of carbonyl (C=O) groups is 1. The van der Waals surface area contributed by atoms with Crippen molar-refractivity contribution in [2.45, 2.75) is 25.6 Å². The van der Waals surface area contributed by atoms with E-state index in [1.54, 1.807) is 17.8 Å². The second-order valence-electron chi connectivity index (χ2n) is 4.90. The van der Waals surface area contributed by atoms with Crippen molar-refractivity contribution < 1.29 is 30.1 Å². The van der Waals surface area contributed by atoms with Crippen LogP contribution in [0.1, 0.15) is 19.0 Å². The number of ether oxygens (including phenoxy) is 1. The normalized spacial score (nSPS) is 15.0. The molecule has 5 nitrogen and oxygen atoms in total. The summed E-state index contributed by atoms with van der Waals surface area (Å²) in [5.41, 5.74) is 0.662. The third-order valence-corrected chi connectivity index (χ3v) is 10.6. The van der Waals surface area contributed by atoms with Crippen LogP contribution in [0.15, 0.2) is 23.0 Å². The van der Waals surface area contributed by atoms with Crippen LogP contribution in [0, 0.1) is 0 Å². The van der Waals surface area contributed by atoms with Crippen molar-refractivity contribution in [1.29, 1.82) is 0 Å². The van der Waals surface area contributed by atoms with Gasteiger partial charge in [-0.3, -0.25) is 0 Å². The van der Waals surface area contributed by atoms with Gasteiger partial charge in [-0.05, 0) is 0 Å². The van der Waals surface area contributed by atoms with Gasteiger partial charge >= 0.3 is 151 Å². The van der Waals surface area contributed by atoms with Crippen molar-refractivity contribution in [3.63, 3.8) is 0 Å². The molecule has 1 atom stereocenters. The molecule has 0 aliphatic heterocycles. The molecule has 134 valence electrons. The molecule has 0 aromatic carbocycles. The first-order chi connectivity index (χ1) is 10.9. The number of hydrogen-bond donors (Lipinski definition) is 1. The molecule has 0 N–H and O–H groups in total. The minimum absolute atomic E-state index is 0.0416. The molecule has 0 aliphatic rings. The maximum atomic E-state index is 11.9. The van der Waals surface area contributed by atoms with Gasteiger partial charge in [-0.2, -0.15) is 0 Å². The first-order valence-electron chi connectivity index (χ1n) is 7.28. The van der Waals surface area contributed by atoms with Gasteiger partial charge in [0, 0.05) is 0 Å². The third-order valence-electron chi connectivity index (χ3n) is 3.02. The Labute approximate surface area is 150 Å². The first kappa shape index (κ1) is 20.9. The number of carbonyl (C=O) groups excluding carboxylic acids is 1. The SMILES string of the molecule is CCO[I-](C)(S)CCCSCc1cccc(=O)n1CC(=O)OC. The summed E-state index contributed by atoms with van der Waals surface area (Å²) in [5, 5.41) is 0. The van der Waals surface area contributed by atoms with E-state index < -0.39 is 23.4 Å². The van der Waals surface area contributed by atoms with Gasteiger partial charge in [0.1, 0.15) is 0 Å². The molecular formula is C15H25INO4S2-. The van der Waals surface area contributed by atoms with Crippen LogP contribution in [0.2, 0.25) is 0 Å². The zero-order valence-electron chi connectivity index (χ0n) is 13.8. The van der Waals surface area contributed by atoms with Gasteiger partial charge in [0.25, 0.3) is 0 Å². The van der Waals surface area contributed by atoms with Crippen molar-refractivity contribution in [2.75, 3.05) is 28.8 Å². The molecule has 0 amide bonds. The van der Waals surface area contributed by atoms with E-state index in [0.717, 1.165) is 28.9 Å². The molecule has 0 aliphatic carbocycles. The number of rotatable bonds is 10. The van der Waals surface area contributed by atoms with E-state index in [2.05, 4.69) is 19.5 Å². The summed E-state index contributed by atoms with van der Waals surface area (Å²) in [6, 6.07) is 5.05. The van der Waals surface area contributed by atoms with Gasteiger partial charge in [0.15, 0.2) is 0 Å². The van der Waals surface area contributed by atoms with Crippen LogP contribution in [-0.4, -0.2) is 39.4 Å². The fraction of sp³-hybridized carbons (Fsp3) is 0.600. The van der Waals surface area contributed by atoms with Crippen molar-refractivity contribution in [1.82, 2.24) is 4.57 Å². The molecule has 0 saturated heterocycles. The van der Waals surface area contributed by atoms with E-state index in [1.165, 1.54) is 17.7 Å². The quantitative estimate of drug-likeness (QED) is 0.159. The van der Waals surface area contributed by atoms with Gasteiger partial charge in [0.05, 0.1) is 0 Å². The molecule has 1 rings (SSSR count). The summed E-state index contributed by atoms with van der Waals surface area (Å²) in [6.45, 7) is 2.69. The van der Waals surface area contributed by atoms with Gasteiger partial charge in [-0.25, -0.2) is 0 Å². The number of halogens is 1. The number of esters is 1. The third kappa shape index (κ3) is 7.95. The van der Waals surface area contributed by atoms with Gasteiger partial charge < -0.3 is 0 Å². The molecule has 23 heavy (non-hydrogen) atoms. The molecular weight excluding hydrogens is 449 g/mol. The van der Waals surface area contributed by atoms with E-state index in [4.69, 9.17) is 3.07 Å². The van der Waals surface area contributed by atoms with Gasteiger partial charge in [-0.15, -0.1) is 0 Å². The van der Waals surface area contributed by atoms with Crippen LogP contribution < -0.4 is 23.0 Å². The van der Waals surface area contributed by atoms with Crippen LogP contribution in [0.3, 0.4) is 0 Å². The predicted molar refractivity (Wildman–Crippen MR) is 94.9 cm³/mol. The van der Waals surface area contributed by atoms with Crippen LogP contribution in [0.25, 0.3) is 0 Å². The summed E-state index contributed by atoms with van der Waals surface area (Å²) in [6.07, 6.45) is 1.05. The number of pyridine rings is 1. The summed E-state index contributed by atoms with van der Waals surface area (Å²) in [5.74, 6) is 1.25. The van der Waals surface area contributed by atoms with Crippen LogP contribution in [0.4, 0.5) is 0 Å². The van der Waals surface area contributed by atoms with E-state index in [9.17, 15) is 9.59 Å². The molecule has 1 heterocycles. The Balaban J connectivity index is 2.50. The zero-order chi connectivity index (χ0) is 17.3. The number of nitrogens with zero attached hydrogens (tertiary/aromatic N) is 1. The molecule has 1 aromatic rings. The molecule has 0 saturated carbocycles. The maximum absolute atomic E-state index is 11.9. The number of hydrogen-bond acceptors (Lipinski definition) is 6. The molecule has 8 heteroatoms. The average Bonchev–Trinajstić information content (AvgIpc) is 2.49. The second kappa shape index (κ2) is 10.6. The molecule has 0 bridgehead atoms. The number of thiol groups is 1. The van der Waals surface area contributed by atoms with Crippen molar-refractivity contribution in [2.24, 2.45) is 0 Å². The Morgan fingerprint density at radius 3 is 2.83 bits per heavy atom. The Morgan fingerprint density at radius 2 is 2.17 bits per heavy atom. The number of thioether (sulfide) groups is 1. The van der Waals surface area contributed by atoms with Crippen molar-refractivity contribution in [3.8, 4) is 0 Å². The van der Waals surface area contributed by atoms with Crippen LogP contribution >= 0.6 is 21.6 Å². The average molecular weight is 474 g/mol. The van der Waals surface area contributed by atoms with Crippen molar-refractivity contribution >= 4 is 27.5 Å². The fourth-order valence-electron chi connectivity index (χ4n) is 1.93. The Kier molecular flexibility index (Phi) is 9.64. The van der Waals surface area contributed by atoms with Crippen molar-refractivity contribution in [3.05, 3.63) is 34.2 Å². The standard InChI is InChI=1S/C15H25INO4S2/c1-4-21-16(2,22)9-6-10-23-12-13-7-5-8-14(18)17(13)11-15(19)20-3/h5,7-8,22H,4,6,9-12H2,1-3H3/q-1. The van der Waals surface area contributed by atoms with Gasteiger partial charge in [-0.1, -0.05) is 0 Å². The summed E-state index contributed by atoms with van der Waals surface area (Å²) in [4.78, 5) is 25.5. The Morgan fingerprint density at radius 1 is 1.43 bits per heavy atom. The van der Waals surface area contributed by atoms with E-state index in [-0.39, 0.29) is 12.1 Å². The van der Waals surface area contributed by atoms with E-state index >= 15 is 0 Å².